The molecule has 21 heavy (non-hydrogen) atoms. The summed E-state index contributed by atoms with van der Waals surface area (Å²) in [5, 5.41) is 6.48. The van der Waals surface area contributed by atoms with Crippen LogP contribution >= 0.6 is 0 Å². The highest BCUT2D eigenvalue weighted by molar-refractivity contribution is 5.79. The Kier molecular flexibility index (Phi) is 9.20. The summed E-state index contributed by atoms with van der Waals surface area (Å²) in [6, 6.07) is 6.68. The number of nitrogens with zero attached hydrogens (tertiary/aromatic N) is 1. The summed E-state index contributed by atoms with van der Waals surface area (Å²) in [5.74, 6) is 0.590. The van der Waals surface area contributed by atoms with Crippen LogP contribution in [0.4, 0.5) is 4.39 Å². The maximum atomic E-state index is 13.0. The molecule has 2 N–H and O–H groups in total. The van der Waals surface area contributed by atoms with Gasteiger partial charge in [0.15, 0.2) is 5.96 Å². The third-order valence-electron chi connectivity index (χ3n) is 3.03. The van der Waals surface area contributed by atoms with Crippen LogP contribution < -0.4 is 10.6 Å². The fourth-order valence-corrected chi connectivity index (χ4v) is 1.92. The summed E-state index contributed by atoms with van der Waals surface area (Å²) in [7, 11) is 1.75. The van der Waals surface area contributed by atoms with Gasteiger partial charge in [0.25, 0.3) is 0 Å². The molecule has 0 aromatic heterocycles. The molecule has 0 spiro atoms. The van der Waals surface area contributed by atoms with Gasteiger partial charge in [0.1, 0.15) is 5.82 Å². The third kappa shape index (κ3) is 8.30. The number of aliphatic imine (C=N–C) groups is 1. The first-order chi connectivity index (χ1) is 10.3. The first-order valence-electron chi connectivity index (χ1n) is 7.53. The van der Waals surface area contributed by atoms with Gasteiger partial charge in [-0.25, -0.2) is 4.39 Å². The Balaban J connectivity index is 2.14. The first-order valence-corrected chi connectivity index (χ1v) is 7.53. The van der Waals surface area contributed by atoms with Gasteiger partial charge < -0.3 is 15.4 Å². The average Bonchev–Trinajstić information content (AvgIpc) is 2.49. The standard InChI is InChI=1S/C16H26FN3O/c1-3-21-12-5-4-10-19-16(18-2)20-11-9-14-7-6-8-15(17)13-14/h6-8,13H,3-5,9-12H2,1-2H3,(H2,18,19,20). The topological polar surface area (TPSA) is 45.6 Å². The Morgan fingerprint density at radius 2 is 2.05 bits per heavy atom. The molecule has 0 saturated carbocycles. The largest absolute Gasteiger partial charge is 0.382 e. The number of hydrogen-bond donors (Lipinski definition) is 2. The van der Waals surface area contributed by atoms with E-state index in [2.05, 4.69) is 15.6 Å². The highest BCUT2D eigenvalue weighted by atomic mass is 19.1. The second-order valence-electron chi connectivity index (χ2n) is 4.71. The van der Waals surface area contributed by atoms with Gasteiger partial charge in [0.05, 0.1) is 0 Å². The lowest BCUT2D eigenvalue weighted by Gasteiger charge is -2.11. The lowest BCUT2D eigenvalue weighted by atomic mass is 10.1. The van der Waals surface area contributed by atoms with Crippen molar-refractivity contribution in [2.75, 3.05) is 33.4 Å². The van der Waals surface area contributed by atoms with E-state index in [0.717, 1.165) is 57.1 Å². The molecule has 0 aliphatic heterocycles. The normalized spacial score (nSPS) is 11.5. The summed E-state index contributed by atoms with van der Waals surface area (Å²) >= 11 is 0. The third-order valence-corrected chi connectivity index (χ3v) is 3.03. The maximum Gasteiger partial charge on any atom is 0.190 e. The Morgan fingerprint density at radius 1 is 1.24 bits per heavy atom. The van der Waals surface area contributed by atoms with Crippen molar-refractivity contribution in [2.24, 2.45) is 4.99 Å². The highest BCUT2D eigenvalue weighted by Crippen LogP contribution is 2.03. The van der Waals surface area contributed by atoms with Crippen LogP contribution in [-0.2, 0) is 11.2 Å². The summed E-state index contributed by atoms with van der Waals surface area (Å²) in [6.45, 7) is 5.18. The summed E-state index contributed by atoms with van der Waals surface area (Å²) in [4.78, 5) is 4.16. The molecule has 1 aromatic rings. The minimum atomic E-state index is -0.190. The second-order valence-corrected chi connectivity index (χ2v) is 4.71. The predicted octanol–water partition coefficient (Wildman–Crippen LogP) is 2.35. The smallest absolute Gasteiger partial charge is 0.190 e. The molecule has 0 radical (unpaired) electrons. The van der Waals surface area contributed by atoms with Crippen molar-refractivity contribution < 1.29 is 9.13 Å². The minimum absolute atomic E-state index is 0.190. The van der Waals surface area contributed by atoms with Gasteiger partial charge in [-0.2, -0.15) is 0 Å². The van der Waals surface area contributed by atoms with Crippen molar-refractivity contribution in [3.8, 4) is 0 Å². The van der Waals surface area contributed by atoms with Crippen LogP contribution in [0.25, 0.3) is 0 Å². The van der Waals surface area contributed by atoms with Crippen molar-refractivity contribution in [3.63, 3.8) is 0 Å². The number of guanidine groups is 1. The van der Waals surface area contributed by atoms with Crippen LogP contribution in [-0.4, -0.2) is 39.3 Å². The van der Waals surface area contributed by atoms with E-state index in [0.29, 0.717) is 0 Å². The summed E-state index contributed by atoms with van der Waals surface area (Å²) in [6.07, 6.45) is 2.86. The molecule has 0 saturated heterocycles. The quantitative estimate of drug-likeness (QED) is 0.417. The van der Waals surface area contributed by atoms with Crippen LogP contribution in [0.2, 0.25) is 0 Å². The number of halogens is 1. The maximum absolute atomic E-state index is 13.0. The number of rotatable bonds is 9. The van der Waals surface area contributed by atoms with Crippen molar-refractivity contribution in [2.45, 2.75) is 26.2 Å². The van der Waals surface area contributed by atoms with Crippen LogP contribution in [0.15, 0.2) is 29.3 Å². The fourth-order valence-electron chi connectivity index (χ4n) is 1.92. The van der Waals surface area contributed by atoms with E-state index in [1.54, 1.807) is 19.2 Å². The van der Waals surface area contributed by atoms with Crippen molar-refractivity contribution in [1.29, 1.82) is 0 Å². The molecular weight excluding hydrogens is 269 g/mol. The molecule has 5 heteroatoms. The molecule has 0 bridgehead atoms. The van der Waals surface area contributed by atoms with Gasteiger partial charge >= 0.3 is 0 Å². The Hall–Kier alpha value is -1.62. The Labute approximate surface area is 126 Å². The molecule has 1 rings (SSSR count). The molecule has 1 aromatic carbocycles. The molecule has 0 aliphatic rings. The molecule has 0 unspecified atom stereocenters. The number of ether oxygens (including phenoxy) is 1. The van der Waals surface area contributed by atoms with Gasteiger partial charge in [-0.05, 0) is 43.9 Å². The molecule has 0 atom stereocenters. The molecule has 0 heterocycles. The molecule has 4 nitrogen and oxygen atoms in total. The molecule has 0 amide bonds. The van der Waals surface area contributed by atoms with E-state index in [1.165, 1.54) is 6.07 Å². The van der Waals surface area contributed by atoms with Crippen LogP contribution in [0.3, 0.4) is 0 Å². The number of nitrogens with one attached hydrogen (secondary N) is 2. The highest BCUT2D eigenvalue weighted by Gasteiger charge is 1.99. The van der Waals surface area contributed by atoms with Gasteiger partial charge in [0, 0.05) is 33.4 Å². The van der Waals surface area contributed by atoms with Crippen LogP contribution in [0.5, 0.6) is 0 Å². The van der Waals surface area contributed by atoms with E-state index in [9.17, 15) is 4.39 Å². The van der Waals surface area contributed by atoms with E-state index >= 15 is 0 Å². The van der Waals surface area contributed by atoms with E-state index in [-0.39, 0.29) is 5.82 Å². The number of benzene rings is 1. The Bertz CT molecular complexity index is 424. The zero-order chi connectivity index (χ0) is 15.3. The zero-order valence-corrected chi connectivity index (χ0v) is 13.0. The van der Waals surface area contributed by atoms with Crippen molar-refractivity contribution in [3.05, 3.63) is 35.6 Å². The van der Waals surface area contributed by atoms with Gasteiger partial charge in [-0.15, -0.1) is 0 Å². The van der Waals surface area contributed by atoms with Crippen LogP contribution in [0.1, 0.15) is 25.3 Å². The average molecular weight is 295 g/mol. The molecule has 0 fully saturated rings. The van der Waals surface area contributed by atoms with E-state index in [1.807, 2.05) is 13.0 Å². The minimum Gasteiger partial charge on any atom is -0.382 e. The van der Waals surface area contributed by atoms with Crippen molar-refractivity contribution in [1.82, 2.24) is 10.6 Å². The molecule has 118 valence electrons. The van der Waals surface area contributed by atoms with Gasteiger partial charge in [-0.1, -0.05) is 12.1 Å². The second kappa shape index (κ2) is 11.1. The molecule has 0 aliphatic carbocycles. The van der Waals surface area contributed by atoms with Crippen molar-refractivity contribution >= 4 is 5.96 Å². The molecular formula is C16H26FN3O. The predicted molar refractivity (Wildman–Crippen MR) is 85.2 cm³/mol. The monoisotopic (exact) mass is 295 g/mol. The van der Waals surface area contributed by atoms with E-state index < -0.39 is 0 Å². The van der Waals surface area contributed by atoms with Gasteiger partial charge in [-0.3, -0.25) is 4.99 Å². The van der Waals surface area contributed by atoms with E-state index in [4.69, 9.17) is 4.74 Å². The number of hydrogen-bond acceptors (Lipinski definition) is 2. The van der Waals surface area contributed by atoms with Gasteiger partial charge in [0.2, 0.25) is 0 Å². The SMILES string of the molecule is CCOCCCCNC(=NC)NCCc1cccc(F)c1. The zero-order valence-electron chi connectivity index (χ0n) is 13.0. The van der Waals surface area contributed by atoms with Crippen LogP contribution in [0, 0.1) is 5.82 Å². The fraction of sp³-hybridized carbons (Fsp3) is 0.562. The Morgan fingerprint density at radius 3 is 2.76 bits per heavy atom. The summed E-state index contributed by atoms with van der Waals surface area (Å²) in [5.41, 5.74) is 0.981. The lowest BCUT2D eigenvalue weighted by Crippen LogP contribution is -2.38. The number of unbranched alkanes of at least 4 members (excludes halogenated alkanes) is 1. The summed E-state index contributed by atoms with van der Waals surface area (Å²) < 4.78 is 18.3. The first kappa shape index (κ1) is 17.4. The lowest BCUT2D eigenvalue weighted by molar-refractivity contribution is 0.143.